The minimum Gasteiger partial charge on any atom is -0.356 e. The van der Waals surface area contributed by atoms with Crippen LogP contribution in [0.5, 0.6) is 0 Å². The maximum Gasteiger partial charge on any atom is 0.216 e. The summed E-state index contributed by atoms with van der Waals surface area (Å²) in [7, 11) is 0. The molecule has 0 heterocycles. The topological polar surface area (TPSA) is 29.1 Å². The molecule has 0 aromatic heterocycles. The van der Waals surface area contributed by atoms with Crippen molar-refractivity contribution in [3.8, 4) is 0 Å². The molecule has 0 aliphatic heterocycles. The van der Waals surface area contributed by atoms with Crippen LogP contribution in [0.25, 0.3) is 0 Å². The van der Waals surface area contributed by atoms with Crippen LogP contribution in [0, 0.1) is 0 Å². The lowest BCUT2D eigenvalue weighted by molar-refractivity contribution is -0.118. The molecular weight excluding hydrogens is 222 g/mol. The predicted octanol–water partition coefficient (Wildman–Crippen LogP) is 3.20. The molecule has 0 radical (unpaired) electrons. The fourth-order valence-electron chi connectivity index (χ4n) is 2.89. The van der Waals surface area contributed by atoms with Gasteiger partial charge in [0.1, 0.15) is 0 Å². The largest absolute Gasteiger partial charge is 0.356 e. The molecule has 1 atom stereocenters. The Kier molecular flexibility index (Phi) is 4.40. The molecule has 1 aliphatic rings. The van der Waals surface area contributed by atoms with Gasteiger partial charge in [0, 0.05) is 13.5 Å². The number of hydrogen-bond donors (Lipinski definition) is 1. The fraction of sp³-hybridized carbons (Fsp3) is 0.562. The molecule has 0 spiro atoms. The summed E-state index contributed by atoms with van der Waals surface area (Å²) >= 11 is 0. The molecule has 2 heteroatoms. The number of carbonyl (C=O) groups excluding carboxylic acids is 1. The highest BCUT2D eigenvalue weighted by Gasteiger charge is 2.20. The van der Waals surface area contributed by atoms with Crippen molar-refractivity contribution in [2.75, 3.05) is 6.54 Å². The number of aryl methyl sites for hydroxylation is 2. The fourth-order valence-corrected chi connectivity index (χ4v) is 2.89. The Balaban J connectivity index is 2.08. The molecule has 0 unspecified atom stereocenters. The second kappa shape index (κ2) is 6.03. The van der Waals surface area contributed by atoms with Crippen molar-refractivity contribution in [3.05, 3.63) is 34.9 Å². The summed E-state index contributed by atoms with van der Waals surface area (Å²) in [5, 5.41) is 2.91. The lowest BCUT2D eigenvalue weighted by atomic mass is 9.80. The summed E-state index contributed by atoms with van der Waals surface area (Å²) in [6, 6.07) is 6.95. The van der Waals surface area contributed by atoms with E-state index in [2.05, 4.69) is 30.4 Å². The predicted molar refractivity (Wildman–Crippen MR) is 74.8 cm³/mol. The van der Waals surface area contributed by atoms with Crippen molar-refractivity contribution in [3.63, 3.8) is 0 Å². The Hall–Kier alpha value is -1.31. The Labute approximate surface area is 110 Å². The van der Waals surface area contributed by atoms with E-state index < -0.39 is 0 Å². The first-order valence-electron chi connectivity index (χ1n) is 7.07. The Morgan fingerprint density at radius 1 is 1.44 bits per heavy atom. The molecule has 98 valence electrons. The summed E-state index contributed by atoms with van der Waals surface area (Å²) in [6.45, 7) is 4.59. The van der Waals surface area contributed by atoms with Crippen molar-refractivity contribution >= 4 is 5.91 Å². The zero-order chi connectivity index (χ0) is 13.0. The molecule has 0 fully saturated rings. The molecule has 1 aliphatic carbocycles. The monoisotopic (exact) mass is 245 g/mol. The molecule has 0 bridgehead atoms. The minimum atomic E-state index is 0.0772. The average molecular weight is 245 g/mol. The second-order valence-corrected chi connectivity index (χ2v) is 5.25. The van der Waals surface area contributed by atoms with Crippen LogP contribution in [-0.4, -0.2) is 12.5 Å². The van der Waals surface area contributed by atoms with Gasteiger partial charge in [-0.2, -0.15) is 0 Å². The van der Waals surface area contributed by atoms with E-state index in [1.165, 1.54) is 36.0 Å². The van der Waals surface area contributed by atoms with E-state index in [-0.39, 0.29) is 5.91 Å². The van der Waals surface area contributed by atoms with Gasteiger partial charge in [-0.1, -0.05) is 25.1 Å². The maximum atomic E-state index is 10.9. The number of nitrogens with one attached hydrogen (secondary N) is 1. The summed E-state index contributed by atoms with van der Waals surface area (Å²) in [6.07, 6.45) is 5.93. The van der Waals surface area contributed by atoms with Crippen molar-refractivity contribution < 1.29 is 4.79 Å². The van der Waals surface area contributed by atoms with E-state index in [1.807, 2.05) is 0 Å². The number of carbonyl (C=O) groups is 1. The molecular formula is C16H23NO. The zero-order valence-corrected chi connectivity index (χ0v) is 11.5. The SMILES string of the molecule is CCc1ccc2c(c1)[C@@H](CCNC(C)=O)CCC2. The van der Waals surface area contributed by atoms with Crippen LogP contribution in [0.15, 0.2) is 18.2 Å². The molecule has 0 saturated carbocycles. The van der Waals surface area contributed by atoms with Crippen LogP contribution in [0.2, 0.25) is 0 Å². The van der Waals surface area contributed by atoms with Gasteiger partial charge in [0.25, 0.3) is 0 Å². The van der Waals surface area contributed by atoms with E-state index in [4.69, 9.17) is 0 Å². The first kappa shape index (κ1) is 13.1. The zero-order valence-electron chi connectivity index (χ0n) is 11.5. The van der Waals surface area contributed by atoms with Crippen molar-refractivity contribution in [2.24, 2.45) is 0 Å². The summed E-state index contributed by atoms with van der Waals surface area (Å²) in [5.41, 5.74) is 4.48. The Morgan fingerprint density at radius 3 is 3.00 bits per heavy atom. The van der Waals surface area contributed by atoms with Gasteiger partial charge < -0.3 is 5.32 Å². The molecule has 18 heavy (non-hydrogen) atoms. The van der Waals surface area contributed by atoms with Gasteiger partial charge in [-0.25, -0.2) is 0 Å². The highest BCUT2D eigenvalue weighted by atomic mass is 16.1. The standard InChI is InChI=1S/C16H23NO/c1-3-13-7-8-14-5-4-6-15(16(14)11-13)9-10-17-12(2)18/h7-8,11,15H,3-6,9-10H2,1-2H3,(H,17,18)/t15-/m1/s1. The van der Waals surface area contributed by atoms with Crippen LogP contribution in [0.3, 0.4) is 0 Å². The first-order valence-corrected chi connectivity index (χ1v) is 7.07. The van der Waals surface area contributed by atoms with Crippen molar-refractivity contribution in [1.29, 1.82) is 0 Å². The number of rotatable bonds is 4. The van der Waals surface area contributed by atoms with E-state index in [1.54, 1.807) is 6.92 Å². The van der Waals surface area contributed by atoms with Gasteiger partial charge in [-0.3, -0.25) is 4.79 Å². The van der Waals surface area contributed by atoms with Crippen LogP contribution < -0.4 is 5.32 Å². The van der Waals surface area contributed by atoms with Gasteiger partial charge in [-0.05, 0) is 54.7 Å². The molecule has 1 N–H and O–H groups in total. The number of fused-ring (bicyclic) bond motifs is 1. The highest BCUT2D eigenvalue weighted by molar-refractivity contribution is 5.72. The third kappa shape index (κ3) is 3.12. The second-order valence-electron chi connectivity index (χ2n) is 5.25. The molecule has 1 amide bonds. The number of hydrogen-bond acceptors (Lipinski definition) is 1. The van der Waals surface area contributed by atoms with Gasteiger partial charge >= 0.3 is 0 Å². The average Bonchev–Trinajstić information content (AvgIpc) is 2.38. The van der Waals surface area contributed by atoms with E-state index in [9.17, 15) is 4.79 Å². The van der Waals surface area contributed by atoms with Gasteiger partial charge in [0.15, 0.2) is 0 Å². The lowest BCUT2D eigenvalue weighted by Gasteiger charge is -2.26. The first-order chi connectivity index (χ1) is 8.70. The van der Waals surface area contributed by atoms with Crippen LogP contribution in [-0.2, 0) is 17.6 Å². The smallest absolute Gasteiger partial charge is 0.216 e. The summed E-state index contributed by atoms with van der Waals surface area (Å²) < 4.78 is 0. The Bertz CT molecular complexity index is 425. The third-order valence-electron chi connectivity index (χ3n) is 3.92. The normalized spacial score (nSPS) is 18.2. The third-order valence-corrected chi connectivity index (χ3v) is 3.92. The highest BCUT2D eigenvalue weighted by Crippen LogP contribution is 2.34. The van der Waals surface area contributed by atoms with Crippen LogP contribution in [0.4, 0.5) is 0 Å². The quantitative estimate of drug-likeness (QED) is 0.867. The molecule has 2 nitrogen and oxygen atoms in total. The van der Waals surface area contributed by atoms with Gasteiger partial charge in [-0.15, -0.1) is 0 Å². The van der Waals surface area contributed by atoms with E-state index in [0.29, 0.717) is 5.92 Å². The summed E-state index contributed by atoms with van der Waals surface area (Å²) in [4.78, 5) is 10.9. The number of amides is 1. The van der Waals surface area contributed by atoms with Crippen molar-refractivity contribution in [2.45, 2.75) is 51.9 Å². The van der Waals surface area contributed by atoms with E-state index in [0.717, 1.165) is 19.4 Å². The molecule has 2 rings (SSSR count). The van der Waals surface area contributed by atoms with Crippen LogP contribution >= 0.6 is 0 Å². The molecule has 1 aromatic rings. The van der Waals surface area contributed by atoms with Gasteiger partial charge in [0.05, 0.1) is 0 Å². The van der Waals surface area contributed by atoms with Crippen molar-refractivity contribution in [1.82, 2.24) is 5.32 Å². The number of benzene rings is 1. The van der Waals surface area contributed by atoms with Crippen LogP contribution in [0.1, 0.15) is 55.7 Å². The minimum absolute atomic E-state index is 0.0772. The lowest BCUT2D eigenvalue weighted by Crippen LogP contribution is -2.23. The van der Waals surface area contributed by atoms with Gasteiger partial charge in [0.2, 0.25) is 5.91 Å². The maximum absolute atomic E-state index is 10.9. The summed E-state index contributed by atoms with van der Waals surface area (Å²) in [5.74, 6) is 0.709. The Morgan fingerprint density at radius 2 is 2.28 bits per heavy atom. The molecule has 1 aromatic carbocycles. The van der Waals surface area contributed by atoms with E-state index >= 15 is 0 Å². The molecule has 0 saturated heterocycles.